The van der Waals surface area contributed by atoms with Gasteiger partial charge in [-0.3, -0.25) is 9.36 Å². The van der Waals surface area contributed by atoms with Crippen LogP contribution in [0.15, 0.2) is 9.95 Å². The highest BCUT2D eigenvalue weighted by molar-refractivity contribution is 7.99. The van der Waals surface area contributed by atoms with Gasteiger partial charge in [-0.25, -0.2) is 4.98 Å². The van der Waals surface area contributed by atoms with E-state index in [1.165, 1.54) is 49.0 Å². The number of rotatable bonds is 4. The third kappa shape index (κ3) is 3.49. The number of ether oxygens (including phenoxy) is 1. The molecule has 0 bridgehead atoms. The van der Waals surface area contributed by atoms with E-state index in [4.69, 9.17) is 9.72 Å². The maximum absolute atomic E-state index is 13.6. The highest BCUT2D eigenvalue weighted by Gasteiger charge is 2.27. The van der Waals surface area contributed by atoms with Gasteiger partial charge in [0, 0.05) is 23.3 Å². The van der Waals surface area contributed by atoms with E-state index in [0.717, 1.165) is 59.8 Å². The summed E-state index contributed by atoms with van der Waals surface area (Å²) in [6.07, 6.45) is 13.2. The second-order valence-electron chi connectivity index (χ2n) is 8.20. The Bertz CT molecular complexity index is 876. The maximum Gasteiger partial charge on any atom is 0.263 e. The van der Waals surface area contributed by atoms with Gasteiger partial charge < -0.3 is 4.74 Å². The Labute approximate surface area is 168 Å². The number of aromatic nitrogens is 2. The first kappa shape index (κ1) is 18.2. The van der Waals surface area contributed by atoms with Crippen LogP contribution in [0.3, 0.4) is 0 Å². The Morgan fingerprint density at radius 2 is 1.89 bits per heavy atom. The third-order valence-electron chi connectivity index (χ3n) is 6.35. The zero-order valence-electron chi connectivity index (χ0n) is 15.9. The predicted octanol–water partition coefficient (Wildman–Crippen LogP) is 5.11. The Morgan fingerprint density at radius 3 is 2.70 bits per heavy atom. The van der Waals surface area contributed by atoms with E-state index >= 15 is 0 Å². The summed E-state index contributed by atoms with van der Waals surface area (Å²) in [7, 11) is 0. The Kier molecular flexibility index (Phi) is 5.31. The van der Waals surface area contributed by atoms with Crippen LogP contribution in [0.25, 0.3) is 10.2 Å². The summed E-state index contributed by atoms with van der Waals surface area (Å²) in [5, 5.41) is 1.88. The highest BCUT2D eigenvalue weighted by atomic mass is 32.2. The predicted molar refractivity (Wildman–Crippen MR) is 112 cm³/mol. The number of thioether (sulfide) groups is 1. The van der Waals surface area contributed by atoms with E-state index in [1.807, 2.05) is 0 Å². The van der Waals surface area contributed by atoms with Gasteiger partial charge in [0.1, 0.15) is 4.83 Å². The summed E-state index contributed by atoms with van der Waals surface area (Å²) in [5.74, 6) is 0.912. The number of thiophene rings is 1. The Balaban J connectivity index is 1.55. The standard InChI is InChI=1S/C21H28N2O2S2/c24-20-18-16-10-3-4-11-17(16)27-19(18)22-21(23(20)14-7-1-2-8-14)26-13-15-9-5-6-12-25-15/h14-15H,1-13H2/t15-/m1/s1. The minimum Gasteiger partial charge on any atom is -0.377 e. The van der Waals surface area contributed by atoms with Crippen molar-refractivity contribution in [1.82, 2.24) is 9.55 Å². The topological polar surface area (TPSA) is 44.1 Å². The van der Waals surface area contributed by atoms with Gasteiger partial charge in [-0.15, -0.1) is 11.3 Å². The van der Waals surface area contributed by atoms with Crippen molar-refractivity contribution in [2.24, 2.45) is 0 Å². The lowest BCUT2D eigenvalue weighted by Gasteiger charge is -2.23. The fraction of sp³-hybridized carbons (Fsp3) is 0.714. The summed E-state index contributed by atoms with van der Waals surface area (Å²) in [4.78, 5) is 21.1. The lowest BCUT2D eigenvalue weighted by Crippen LogP contribution is -2.28. The van der Waals surface area contributed by atoms with Crippen molar-refractivity contribution >= 4 is 33.3 Å². The minimum absolute atomic E-state index is 0.235. The zero-order valence-corrected chi connectivity index (χ0v) is 17.5. The van der Waals surface area contributed by atoms with Crippen LogP contribution in [0.1, 0.15) is 74.3 Å². The van der Waals surface area contributed by atoms with Crippen molar-refractivity contribution in [3.8, 4) is 0 Å². The molecule has 1 aliphatic heterocycles. The van der Waals surface area contributed by atoms with Crippen LogP contribution < -0.4 is 5.56 Å². The average molecular weight is 405 g/mol. The van der Waals surface area contributed by atoms with E-state index in [1.54, 1.807) is 23.1 Å². The Hall–Kier alpha value is -0.850. The molecule has 146 valence electrons. The smallest absolute Gasteiger partial charge is 0.263 e. The van der Waals surface area contributed by atoms with Crippen LogP contribution in [0.2, 0.25) is 0 Å². The monoisotopic (exact) mass is 404 g/mol. The largest absolute Gasteiger partial charge is 0.377 e. The summed E-state index contributed by atoms with van der Waals surface area (Å²) < 4.78 is 7.99. The molecule has 0 spiro atoms. The fourth-order valence-corrected chi connectivity index (χ4v) is 7.33. The minimum atomic E-state index is 0.235. The average Bonchev–Trinajstić information content (AvgIpc) is 3.34. The number of hydrogen-bond acceptors (Lipinski definition) is 5. The second-order valence-corrected chi connectivity index (χ2v) is 10.3. The highest BCUT2D eigenvalue weighted by Crippen LogP contribution is 2.37. The summed E-state index contributed by atoms with van der Waals surface area (Å²) >= 11 is 3.52. The zero-order chi connectivity index (χ0) is 18.2. The number of fused-ring (bicyclic) bond motifs is 3. The summed E-state index contributed by atoms with van der Waals surface area (Å²) in [5.41, 5.74) is 1.55. The first-order valence-electron chi connectivity index (χ1n) is 10.6. The first-order chi connectivity index (χ1) is 13.3. The van der Waals surface area contributed by atoms with E-state index in [-0.39, 0.29) is 5.56 Å². The molecule has 0 N–H and O–H groups in total. The molecule has 2 aromatic heterocycles. The summed E-state index contributed by atoms with van der Waals surface area (Å²) in [6, 6.07) is 0.336. The van der Waals surface area contributed by atoms with Crippen LogP contribution in [-0.2, 0) is 17.6 Å². The van der Waals surface area contributed by atoms with Gasteiger partial charge in [0.2, 0.25) is 0 Å². The molecule has 1 saturated heterocycles. The third-order valence-corrected chi connectivity index (χ3v) is 8.62. The van der Waals surface area contributed by atoms with Gasteiger partial charge in [-0.2, -0.15) is 0 Å². The molecule has 0 radical (unpaired) electrons. The van der Waals surface area contributed by atoms with Crippen LogP contribution in [0.5, 0.6) is 0 Å². The quantitative estimate of drug-likeness (QED) is 0.524. The molecule has 1 saturated carbocycles. The molecular formula is C21H28N2O2S2. The van der Waals surface area contributed by atoms with Crippen molar-refractivity contribution in [1.29, 1.82) is 0 Å². The van der Waals surface area contributed by atoms with Crippen LogP contribution in [0.4, 0.5) is 0 Å². The number of aryl methyl sites for hydroxylation is 2. The SMILES string of the molecule is O=c1c2c3c(sc2nc(SC[C@H]2CCCCO2)n1C1CCCC1)CCCC3. The molecule has 27 heavy (non-hydrogen) atoms. The first-order valence-corrected chi connectivity index (χ1v) is 12.4. The van der Waals surface area contributed by atoms with Crippen molar-refractivity contribution in [3.63, 3.8) is 0 Å². The molecular weight excluding hydrogens is 376 g/mol. The molecule has 5 rings (SSSR count). The Morgan fingerprint density at radius 1 is 1.07 bits per heavy atom. The van der Waals surface area contributed by atoms with Crippen molar-refractivity contribution in [3.05, 3.63) is 20.8 Å². The van der Waals surface area contributed by atoms with Gasteiger partial charge in [0.05, 0.1) is 11.5 Å². The molecule has 3 heterocycles. The fourth-order valence-electron chi connectivity index (χ4n) is 4.89. The summed E-state index contributed by atoms with van der Waals surface area (Å²) in [6.45, 7) is 0.880. The van der Waals surface area contributed by atoms with E-state index in [0.29, 0.717) is 12.1 Å². The number of hydrogen-bond donors (Lipinski definition) is 0. The molecule has 6 heteroatoms. The van der Waals surface area contributed by atoms with E-state index < -0.39 is 0 Å². The molecule has 2 aliphatic carbocycles. The molecule has 3 aliphatic rings. The van der Waals surface area contributed by atoms with Crippen molar-refractivity contribution < 1.29 is 4.74 Å². The lowest BCUT2D eigenvalue weighted by molar-refractivity contribution is 0.0315. The van der Waals surface area contributed by atoms with Gasteiger partial charge in [-0.1, -0.05) is 24.6 Å². The van der Waals surface area contributed by atoms with Gasteiger partial charge >= 0.3 is 0 Å². The maximum atomic E-state index is 13.6. The van der Waals surface area contributed by atoms with Crippen LogP contribution in [0, 0.1) is 0 Å². The molecule has 0 aromatic carbocycles. The molecule has 0 amide bonds. The van der Waals surface area contributed by atoms with Crippen LogP contribution >= 0.6 is 23.1 Å². The van der Waals surface area contributed by atoms with Crippen molar-refractivity contribution in [2.75, 3.05) is 12.4 Å². The normalized spacial score (nSPS) is 23.8. The van der Waals surface area contributed by atoms with Gasteiger partial charge in [-0.05, 0) is 63.4 Å². The molecule has 2 fully saturated rings. The molecule has 0 unspecified atom stereocenters. The molecule has 4 nitrogen and oxygen atoms in total. The van der Waals surface area contributed by atoms with E-state index in [2.05, 4.69) is 4.57 Å². The molecule has 1 atom stereocenters. The van der Waals surface area contributed by atoms with E-state index in [9.17, 15) is 4.79 Å². The van der Waals surface area contributed by atoms with Crippen molar-refractivity contribution in [2.45, 2.75) is 87.9 Å². The lowest BCUT2D eigenvalue weighted by atomic mass is 9.97. The second kappa shape index (κ2) is 7.88. The van der Waals surface area contributed by atoms with Gasteiger partial charge in [0.15, 0.2) is 5.16 Å². The van der Waals surface area contributed by atoms with Crippen LogP contribution in [-0.4, -0.2) is 28.0 Å². The number of nitrogens with zero attached hydrogens (tertiary/aromatic N) is 2. The van der Waals surface area contributed by atoms with Gasteiger partial charge in [0.25, 0.3) is 5.56 Å². The molecule has 2 aromatic rings.